The van der Waals surface area contributed by atoms with Crippen LogP contribution in [0.3, 0.4) is 0 Å². The molecule has 3 aromatic rings. The van der Waals surface area contributed by atoms with Crippen molar-refractivity contribution in [3.05, 3.63) is 64.4 Å². The summed E-state index contributed by atoms with van der Waals surface area (Å²) in [5, 5.41) is 2.98. The third-order valence-corrected chi connectivity index (χ3v) is 6.51. The highest BCUT2D eigenvalue weighted by Crippen LogP contribution is 2.18. The van der Waals surface area contributed by atoms with Crippen molar-refractivity contribution in [3.63, 3.8) is 0 Å². The second-order valence-corrected chi connectivity index (χ2v) is 9.14. The SMILES string of the molecule is O=C(NCCc1nc2ccccc2n1CCC(=O)N1CCCCCC1)c1ccc(Br)cc1. The van der Waals surface area contributed by atoms with Gasteiger partial charge in [-0.1, -0.05) is 40.9 Å². The molecule has 7 heteroatoms. The lowest BCUT2D eigenvalue weighted by atomic mass is 10.2. The van der Waals surface area contributed by atoms with Crippen LogP contribution in [0.4, 0.5) is 0 Å². The van der Waals surface area contributed by atoms with E-state index in [-0.39, 0.29) is 11.8 Å². The van der Waals surface area contributed by atoms with Crippen LogP contribution in [-0.2, 0) is 17.8 Å². The quantitative estimate of drug-likeness (QED) is 0.521. The van der Waals surface area contributed by atoms with E-state index in [9.17, 15) is 9.59 Å². The van der Waals surface area contributed by atoms with Crippen LogP contribution in [0.5, 0.6) is 0 Å². The topological polar surface area (TPSA) is 67.2 Å². The molecule has 1 aliphatic rings. The molecule has 6 nitrogen and oxygen atoms in total. The molecule has 2 heterocycles. The highest BCUT2D eigenvalue weighted by atomic mass is 79.9. The molecule has 1 N–H and O–H groups in total. The van der Waals surface area contributed by atoms with Gasteiger partial charge in [-0.25, -0.2) is 4.98 Å². The molecule has 0 spiro atoms. The number of carbonyl (C=O) groups is 2. The maximum absolute atomic E-state index is 12.8. The molecule has 1 aromatic heterocycles. The molecule has 0 atom stereocenters. The van der Waals surface area contributed by atoms with E-state index in [2.05, 4.69) is 25.8 Å². The standard InChI is InChI=1S/C25H29BrN4O2/c26-20-11-9-19(10-12-20)25(32)27-15-13-23-28-21-7-3-4-8-22(21)30(23)18-14-24(31)29-16-5-1-2-6-17-29/h3-4,7-12H,1-2,5-6,13-18H2,(H,27,32). The van der Waals surface area contributed by atoms with Crippen LogP contribution in [0, 0.1) is 0 Å². The number of amides is 2. The Hall–Kier alpha value is -2.67. The van der Waals surface area contributed by atoms with Gasteiger partial charge >= 0.3 is 0 Å². The molecule has 1 fully saturated rings. The normalized spacial score (nSPS) is 14.3. The maximum atomic E-state index is 12.8. The first kappa shape index (κ1) is 22.5. The van der Waals surface area contributed by atoms with Gasteiger partial charge in [-0.15, -0.1) is 0 Å². The third-order valence-electron chi connectivity index (χ3n) is 5.98. The first-order valence-electron chi connectivity index (χ1n) is 11.4. The lowest BCUT2D eigenvalue weighted by molar-refractivity contribution is -0.131. The smallest absolute Gasteiger partial charge is 0.251 e. The fourth-order valence-electron chi connectivity index (χ4n) is 4.24. The van der Waals surface area contributed by atoms with Crippen LogP contribution in [0.25, 0.3) is 11.0 Å². The summed E-state index contributed by atoms with van der Waals surface area (Å²) in [4.78, 5) is 32.0. The van der Waals surface area contributed by atoms with Crippen molar-refractivity contribution < 1.29 is 9.59 Å². The fourth-order valence-corrected chi connectivity index (χ4v) is 4.51. The van der Waals surface area contributed by atoms with Crippen molar-refractivity contribution in [1.82, 2.24) is 19.8 Å². The van der Waals surface area contributed by atoms with Crippen molar-refractivity contribution in [2.75, 3.05) is 19.6 Å². The predicted molar refractivity (Wildman–Crippen MR) is 130 cm³/mol. The van der Waals surface area contributed by atoms with E-state index in [4.69, 9.17) is 4.98 Å². The summed E-state index contributed by atoms with van der Waals surface area (Å²) >= 11 is 3.39. The zero-order valence-electron chi connectivity index (χ0n) is 18.2. The van der Waals surface area contributed by atoms with Gasteiger partial charge in [0, 0.05) is 49.1 Å². The number of hydrogen-bond donors (Lipinski definition) is 1. The Morgan fingerprint density at radius 2 is 1.69 bits per heavy atom. The fraction of sp³-hybridized carbons (Fsp3) is 0.400. The van der Waals surface area contributed by atoms with Gasteiger partial charge < -0.3 is 14.8 Å². The molecule has 0 bridgehead atoms. The Bertz CT molecular complexity index is 1070. The number of imidazole rings is 1. The Morgan fingerprint density at radius 1 is 0.969 bits per heavy atom. The number of likely N-dealkylation sites (tertiary alicyclic amines) is 1. The van der Waals surface area contributed by atoms with E-state index < -0.39 is 0 Å². The minimum atomic E-state index is -0.100. The Morgan fingerprint density at radius 3 is 2.44 bits per heavy atom. The molecule has 0 unspecified atom stereocenters. The number of halogens is 1. The van der Waals surface area contributed by atoms with E-state index in [1.165, 1.54) is 12.8 Å². The number of fused-ring (bicyclic) bond motifs is 1. The van der Waals surface area contributed by atoms with Gasteiger partial charge in [-0.05, 0) is 49.2 Å². The van der Waals surface area contributed by atoms with Gasteiger partial charge in [0.25, 0.3) is 5.91 Å². The number of benzene rings is 2. The molecule has 0 saturated carbocycles. The van der Waals surface area contributed by atoms with Crippen LogP contribution < -0.4 is 5.32 Å². The number of aromatic nitrogens is 2. The van der Waals surface area contributed by atoms with Crippen LogP contribution in [0.2, 0.25) is 0 Å². The number of nitrogens with one attached hydrogen (secondary N) is 1. The molecule has 168 valence electrons. The summed E-state index contributed by atoms with van der Waals surface area (Å²) in [6.45, 7) is 2.83. The molecular formula is C25H29BrN4O2. The van der Waals surface area contributed by atoms with Gasteiger partial charge in [0.1, 0.15) is 5.82 Å². The molecule has 2 aromatic carbocycles. The average Bonchev–Trinajstić information content (AvgIpc) is 2.96. The first-order valence-corrected chi connectivity index (χ1v) is 12.2. The van der Waals surface area contributed by atoms with E-state index in [1.807, 2.05) is 41.3 Å². The van der Waals surface area contributed by atoms with Crippen molar-refractivity contribution >= 4 is 38.8 Å². The molecule has 32 heavy (non-hydrogen) atoms. The van der Waals surface area contributed by atoms with Gasteiger partial charge in [0.15, 0.2) is 0 Å². The van der Waals surface area contributed by atoms with Gasteiger partial charge in [-0.2, -0.15) is 0 Å². The molecule has 0 radical (unpaired) electrons. The molecule has 4 rings (SSSR count). The highest BCUT2D eigenvalue weighted by Gasteiger charge is 2.17. The Balaban J connectivity index is 1.41. The summed E-state index contributed by atoms with van der Waals surface area (Å²) in [5.41, 5.74) is 2.58. The van der Waals surface area contributed by atoms with Crippen LogP contribution in [0.15, 0.2) is 53.0 Å². The lowest BCUT2D eigenvalue weighted by Crippen LogP contribution is -2.32. The first-order chi connectivity index (χ1) is 15.6. The predicted octanol–water partition coefficient (Wildman–Crippen LogP) is 4.56. The van der Waals surface area contributed by atoms with Gasteiger partial charge in [0.05, 0.1) is 11.0 Å². The molecular weight excluding hydrogens is 468 g/mol. The zero-order valence-corrected chi connectivity index (χ0v) is 19.8. The van der Waals surface area contributed by atoms with Crippen molar-refractivity contribution in [2.45, 2.75) is 45.1 Å². The number of carbonyl (C=O) groups excluding carboxylic acids is 2. The number of para-hydroxylation sites is 2. The molecule has 1 aliphatic heterocycles. The Labute approximate surface area is 197 Å². The molecule has 0 aliphatic carbocycles. The number of aryl methyl sites for hydroxylation is 1. The van der Waals surface area contributed by atoms with Crippen molar-refractivity contribution in [1.29, 1.82) is 0 Å². The number of rotatable bonds is 7. The number of nitrogens with zero attached hydrogens (tertiary/aromatic N) is 3. The zero-order chi connectivity index (χ0) is 22.3. The van der Waals surface area contributed by atoms with Crippen LogP contribution >= 0.6 is 15.9 Å². The number of hydrogen-bond acceptors (Lipinski definition) is 3. The largest absolute Gasteiger partial charge is 0.352 e. The monoisotopic (exact) mass is 496 g/mol. The van der Waals surface area contributed by atoms with Gasteiger partial charge in [-0.3, -0.25) is 9.59 Å². The van der Waals surface area contributed by atoms with Crippen LogP contribution in [0.1, 0.15) is 48.3 Å². The summed E-state index contributed by atoms with van der Waals surface area (Å²) in [6, 6.07) is 15.3. The van der Waals surface area contributed by atoms with E-state index >= 15 is 0 Å². The highest BCUT2D eigenvalue weighted by molar-refractivity contribution is 9.10. The average molecular weight is 497 g/mol. The minimum absolute atomic E-state index is 0.100. The van der Waals surface area contributed by atoms with Crippen molar-refractivity contribution in [3.8, 4) is 0 Å². The summed E-state index contributed by atoms with van der Waals surface area (Å²) in [6.07, 6.45) is 5.71. The maximum Gasteiger partial charge on any atom is 0.251 e. The summed E-state index contributed by atoms with van der Waals surface area (Å²) < 4.78 is 3.08. The van der Waals surface area contributed by atoms with E-state index in [0.29, 0.717) is 31.5 Å². The van der Waals surface area contributed by atoms with Crippen molar-refractivity contribution in [2.24, 2.45) is 0 Å². The van der Waals surface area contributed by atoms with E-state index in [0.717, 1.165) is 47.3 Å². The Kier molecular flexibility index (Phi) is 7.58. The molecule has 2 amide bonds. The summed E-state index contributed by atoms with van der Waals surface area (Å²) in [7, 11) is 0. The van der Waals surface area contributed by atoms with Crippen LogP contribution in [-0.4, -0.2) is 45.9 Å². The minimum Gasteiger partial charge on any atom is -0.352 e. The summed E-state index contributed by atoms with van der Waals surface area (Å²) in [5.74, 6) is 1.02. The second kappa shape index (κ2) is 10.8. The second-order valence-electron chi connectivity index (χ2n) is 8.23. The molecule has 1 saturated heterocycles. The lowest BCUT2D eigenvalue weighted by Gasteiger charge is -2.20. The van der Waals surface area contributed by atoms with Gasteiger partial charge in [0.2, 0.25) is 5.91 Å². The third kappa shape index (κ3) is 5.57. The van der Waals surface area contributed by atoms with E-state index in [1.54, 1.807) is 12.1 Å².